The maximum absolute atomic E-state index is 14.0. The third kappa shape index (κ3) is 7.85. The lowest BCUT2D eigenvalue weighted by atomic mass is 10.1. The number of sulfonamides is 1. The molecular weight excluding hydrogens is 526 g/mol. The number of benzene rings is 3. The first kappa shape index (κ1) is 30.7. The third-order valence-corrected chi connectivity index (χ3v) is 8.14. The van der Waals surface area contributed by atoms with Crippen LogP contribution in [-0.4, -0.2) is 56.9 Å². The van der Waals surface area contributed by atoms with Crippen molar-refractivity contribution < 1.29 is 22.7 Å². The highest BCUT2D eigenvalue weighted by molar-refractivity contribution is 7.92. The Morgan fingerprint density at radius 2 is 1.55 bits per heavy atom. The van der Waals surface area contributed by atoms with Crippen LogP contribution in [0, 0.1) is 6.92 Å². The number of nitrogens with zero attached hydrogens (tertiary/aromatic N) is 2. The molecule has 0 aliphatic heterocycles. The van der Waals surface area contributed by atoms with Crippen molar-refractivity contribution in [3.8, 4) is 5.75 Å². The van der Waals surface area contributed by atoms with E-state index in [0.29, 0.717) is 12.2 Å². The zero-order chi connectivity index (χ0) is 29.5. The van der Waals surface area contributed by atoms with Crippen LogP contribution in [0.15, 0.2) is 83.8 Å². The molecule has 3 aromatic carbocycles. The minimum Gasteiger partial charge on any atom is -0.495 e. The normalized spacial score (nSPS) is 12.3. The lowest BCUT2D eigenvalue weighted by molar-refractivity contribution is -0.139. The number of hydrogen-bond acceptors (Lipinski definition) is 5. The van der Waals surface area contributed by atoms with Gasteiger partial charge in [-0.1, -0.05) is 54.6 Å². The van der Waals surface area contributed by atoms with Crippen LogP contribution in [0.1, 0.15) is 38.8 Å². The number of rotatable bonds is 11. The number of hydrogen-bond donors (Lipinski definition) is 1. The van der Waals surface area contributed by atoms with Gasteiger partial charge in [-0.3, -0.25) is 13.9 Å². The van der Waals surface area contributed by atoms with Gasteiger partial charge in [-0.25, -0.2) is 8.42 Å². The van der Waals surface area contributed by atoms with Crippen LogP contribution >= 0.6 is 0 Å². The second-order valence-electron chi connectivity index (χ2n) is 10.7. The summed E-state index contributed by atoms with van der Waals surface area (Å²) in [6.45, 7) is 8.81. The van der Waals surface area contributed by atoms with Crippen molar-refractivity contribution in [1.29, 1.82) is 0 Å². The molecule has 0 aliphatic rings. The molecule has 3 rings (SSSR count). The first-order valence-corrected chi connectivity index (χ1v) is 14.7. The zero-order valence-corrected chi connectivity index (χ0v) is 24.9. The van der Waals surface area contributed by atoms with Gasteiger partial charge in [0.2, 0.25) is 11.8 Å². The molecule has 0 radical (unpaired) electrons. The van der Waals surface area contributed by atoms with E-state index < -0.39 is 34.1 Å². The van der Waals surface area contributed by atoms with Crippen LogP contribution in [0.25, 0.3) is 0 Å². The molecule has 0 bridgehead atoms. The molecule has 0 saturated heterocycles. The Morgan fingerprint density at radius 1 is 0.950 bits per heavy atom. The lowest BCUT2D eigenvalue weighted by Crippen LogP contribution is -2.55. The number of anilines is 1. The second kappa shape index (κ2) is 13.0. The largest absolute Gasteiger partial charge is 0.495 e. The van der Waals surface area contributed by atoms with Gasteiger partial charge in [0.15, 0.2) is 0 Å². The highest BCUT2D eigenvalue weighted by atomic mass is 32.2. The number of aryl methyl sites for hydroxylation is 1. The van der Waals surface area contributed by atoms with Gasteiger partial charge in [-0.05, 0) is 76.4 Å². The number of carbonyl (C=O) groups excluding carboxylic acids is 2. The van der Waals surface area contributed by atoms with Crippen LogP contribution in [0.3, 0.4) is 0 Å². The van der Waals surface area contributed by atoms with Crippen molar-refractivity contribution in [2.24, 2.45) is 0 Å². The average Bonchev–Trinajstić information content (AvgIpc) is 2.91. The van der Waals surface area contributed by atoms with Crippen molar-refractivity contribution in [2.45, 2.75) is 57.5 Å². The highest BCUT2D eigenvalue weighted by Crippen LogP contribution is 2.33. The van der Waals surface area contributed by atoms with E-state index in [1.54, 1.807) is 37.3 Å². The number of methoxy groups -OCH3 is 1. The minimum absolute atomic E-state index is 0.0423. The number of carbonyl (C=O) groups is 2. The first-order valence-electron chi connectivity index (χ1n) is 13.2. The van der Waals surface area contributed by atoms with E-state index in [1.807, 2.05) is 64.1 Å². The fraction of sp³-hybridized carbons (Fsp3) is 0.355. The Balaban J connectivity index is 2.04. The SMILES string of the molecule is COc1ccc(C)cc1N(CC(=O)N(CCc1ccccc1)C(C)C(=O)NC(C)(C)C)S(=O)(=O)c1ccccc1. The van der Waals surface area contributed by atoms with Gasteiger partial charge in [-0.15, -0.1) is 0 Å². The number of amides is 2. The van der Waals surface area contributed by atoms with Gasteiger partial charge < -0.3 is 15.0 Å². The van der Waals surface area contributed by atoms with Crippen LogP contribution in [-0.2, 0) is 26.0 Å². The zero-order valence-electron chi connectivity index (χ0n) is 24.0. The molecule has 1 atom stereocenters. The summed E-state index contributed by atoms with van der Waals surface area (Å²) in [5, 5.41) is 2.93. The summed E-state index contributed by atoms with van der Waals surface area (Å²) in [6, 6.07) is 21.9. The Morgan fingerprint density at radius 3 is 2.12 bits per heavy atom. The standard InChI is InChI=1S/C31H39N3O5S/c1-23-17-18-28(39-6)27(21-23)34(40(37,38)26-15-11-8-12-16-26)22-29(35)33(20-19-25-13-9-7-10-14-25)24(2)30(36)32-31(3,4)5/h7-18,21,24H,19-20,22H2,1-6H3,(H,32,36). The van der Waals surface area contributed by atoms with E-state index in [2.05, 4.69) is 5.32 Å². The molecule has 2 amide bonds. The monoisotopic (exact) mass is 565 g/mol. The predicted octanol–water partition coefficient (Wildman–Crippen LogP) is 4.57. The Hall–Kier alpha value is -3.85. The molecule has 0 heterocycles. The molecule has 3 aromatic rings. The smallest absolute Gasteiger partial charge is 0.264 e. The van der Waals surface area contributed by atoms with Crippen molar-refractivity contribution in [3.05, 3.63) is 90.0 Å². The van der Waals surface area contributed by atoms with E-state index in [1.165, 1.54) is 24.1 Å². The molecule has 8 nitrogen and oxygen atoms in total. The lowest BCUT2D eigenvalue weighted by Gasteiger charge is -2.33. The highest BCUT2D eigenvalue weighted by Gasteiger charge is 2.34. The summed E-state index contributed by atoms with van der Waals surface area (Å²) in [4.78, 5) is 28.7. The summed E-state index contributed by atoms with van der Waals surface area (Å²) in [5.74, 6) is -0.512. The van der Waals surface area contributed by atoms with Gasteiger partial charge in [0.25, 0.3) is 10.0 Å². The van der Waals surface area contributed by atoms with E-state index in [4.69, 9.17) is 4.74 Å². The molecule has 0 aliphatic carbocycles. The fourth-order valence-electron chi connectivity index (χ4n) is 4.27. The first-order chi connectivity index (χ1) is 18.8. The molecular formula is C31H39N3O5S. The van der Waals surface area contributed by atoms with Gasteiger partial charge in [0.05, 0.1) is 17.7 Å². The molecule has 0 saturated carbocycles. The molecule has 214 valence electrons. The summed E-state index contributed by atoms with van der Waals surface area (Å²) in [5.41, 5.74) is 1.54. The molecule has 0 fully saturated rings. The van der Waals surface area contributed by atoms with Crippen molar-refractivity contribution in [2.75, 3.05) is 24.5 Å². The molecule has 0 aromatic heterocycles. The fourth-order valence-corrected chi connectivity index (χ4v) is 5.71. The van der Waals surface area contributed by atoms with Crippen LogP contribution in [0.5, 0.6) is 5.75 Å². The van der Waals surface area contributed by atoms with E-state index in [-0.39, 0.29) is 23.0 Å². The Labute approximate surface area is 238 Å². The second-order valence-corrected chi connectivity index (χ2v) is 12.6. The van der Waals surface area contributed by atoms with Gasteiger partial charge in [-0.2, -0.15) is 0 Å². The minimum atomic E-state index is -4.17. The summed E-state index contributed by atoms with van der Waals surface area (Å²) < 4.78 is 34.5. The van der Waals surface area contributed by atoms with Crippen molar-refractivity contribution >= 4 is 27.5 Å². The van der Waals surface area contributed by atoms with Gasteiger partial charge in [0.1, 0.15) is 18.3 Å². The van der Waals surface area contributed by atoms with Crippen LogP contribution in [0.4, 0.5) is 5.69 Å². The van der Waals surface area contributed by atoms with E-state index in [9.17, 15) is 18.0 Å². The molecule has 1 N–H and O–H groups in total. The van der Waals surface area contributed by atoms with Crippen LogP contribution < -0.4 is 14.4 Å². The molecule has 0 spiro atoms. The maximum atomic E-state index is 14.0. The summed E-state index contributed by atoms with van der Waals surface area (Å²) in [6.07, 6.45) is 0.499. The topological polar surface area (TPSA) is 96.0 Å². The average molecular weight is 566 g/mol. The Bertz CT molecular complexity index is 1400. The molecule has 9 heteroatoms. The van der Waals surface area contributed by atoms with Crippen LogP contribution in [0.2, 0.25) is 0 Å². The molecule has 40 heavy (non-hydrogen) atoms. The van der Waals surface area contributed by atoms with Crippen molar-refractivity contribution in [3.63, 3.8) is 0 Å². The Kier molecular flexibility index (Phi) is 9.98. The number of ether oxygens (including phenoxy) is 1. The third-order valence-electron chi connectivity index (χ3n) is 6.36. The van der Waals surface area contributed by atoms with E-state index in [0.717, 1.165) is 15.4 Å². The maximum Gasteiger partial charge on any atom is 0.264 e. The number of nitrogens with one attached hydrogen (secondary N) is 1. The molecule has 1 unspecified atom stereocenters. The summed E-state index contributed by atoms with van der Waals surface area (Å²) in [7, 11) is -2.72. The van der Waals surface area contributed by atoms with Gasteiger partial charge >= 0.3 is 0 Å². The van der Waals surface area contributed by atoms with Gasteiger partial charge in [0, 0.05) is 12.1 Å². The predicted molar refractivity (Wildman–Crippen MR) is 158 cm³/mol. The summed E-state index contributed by atoms with van der Waals surface area (Å²) >= 11 is 0. The van der Waals surface area contributed by atoms with E-state index >= 15 is 0 Å². The van der Waals surface area contributed by atoms with Crippen molar-refractivity contribution in [1.82, 2.24) is 10.2 Å². The quantitative estimate of drug-likeness (QED) is 0.367.